The second-order valence-corrected chi connectivity index (χ2v) is 7.39. The zero-order valence-corrected chi connectivity index (χ0v) is 16.5. The minimum Gasteiger partial charge on any atom is -0.324 e. The van der Waals surface area contributed by atoms with Crippen LogP contribution in [-0.2, 0) is 15.1 Å². The number of rotatable bonds is 4. The van der Waals surface area contributed by atoms with Gasteiger partial charge in [-0.3, -0.25) is 14.5 Å². The number of hydrogen-bond donors (Lipinski definition) is 2. The normalized spacial score (nSPS) is 18.8. The van der Waals surface area contributed by atoms with Crippen molar-refractivity contribution >= 4 is 23.5 Å². The quantitative estimate of drug-likeness (QED) is 0.772. The number of urea groups is 1. The predicted molar refractivity (Wildman–Crippen MR) is 103 cm³/mol. The number of amides is 4. The summed E-state index contributed by atoms with van der Waals surface area (Å²) in [4.78, 5) is 38.4. The molecule has 2 aromatic rings. The summed E-state index contributed by atoms with van der Waals surface area (Å²) in [5, 5.41) is 5.08. The molecule has 0 saturated carbocycles. The van der Waals surface area contributed by atoms with Gasteiger partial charge in [0, 0.05) is 11.3 Å². The number of nitrogens with zero attached hydrogens (tertiary/aromatic N) is 1. The minimum atomic E-state index is -1.81. The Morgan fingerprint density at radius 1 is 1.10 bits per heavy atom. The Labute approximate surface area is 166 Å². The molecule has 8 heteroatoms. The lowest BCUT2D eigenvalue weighted by Gasteiger charge is -2.23. The molecular formula is C21H21F2N3O3. The zero-order chi connectivity index (χ0) is 21.5. The fourth-order valence-electron chi connectivity index (χ4n) is 3.60. The average Bonchev–Trinajstić information content (AvgIpc) is 2.84. The van der Waals surface area contributed by atoms with Gasteiger partial charge in [-0.1, -0.05) is 17.7 Å². The summed E-state index contributed by atoms with van der Waals surface area (Å²) < 4.78 is 27.8. The van der Waals surface area contributed by atoms with Crippen LogP contribution in [0, 0.1) is 32.4 Å². The summed E-state index contributed by atoms with van der Waals surface area (Å²) in [6.07, 6.45) is 0. The second kappa shape index (κ2) is 7.27. The fraction of sp³-hybridized carbons (Fsp3) is 0.286. The van der Waals surface area contributed by atoms with Crippen LogP contribution in [0.15, 0.2) is 30.3 Å². The van der Waals surface area contributed by atoms with Crippen LogP contribution in [0.5, 0.6) is 0 Å². The van der Waals surface area contributed by atoms with Gasteiger partial charge in [-0.05, 0) is 57.0 Å². The number of hydrogen-bond acceptors (Lipinski definition) is 3. The molecular weight excluding hydrogens is 380 g/mol. The van der Waals surface area contributed by atoms with Gasteiger partial charge in [0.2, 0.25) is 5.91 Å². The first kappa shape index (κ1) is 20.4. The van der Waals surface area contributed by atoms with Crippen molar-refractivity contribution in [1.82, 2.24) is 10.2 Å². The number of carbonyl (C=O) groups is 3. The molecule has 2 N–H and O–H groups in total. The first-order chi connectivity index (χ1) is 13.5. The maximum absolute atomic E-state index is 14.2. The van der Waals surface area contributed by atoms with E-state index in [0.29, 0.717) is 10.6 Å². The Morgan fingerprint density at radius 2 is 1.72 bits per heavy atom. The van der Waals surface area contributed by atoms with Crippen molar-refractivity contribution in [2.75, 3.05) is 11.9 Å². The third-order valence-corrected chi connectivity index (χ3v) is 4.99. The van der Waals surface area contributed by atoms with Crippen molar-refractivity contribution < 1.29 is 23.2 Å². The van der Waals surface area contributed by atoms with Crippen molar-refractivity contribution in [1.29, 1.82) is 0 Å². The number of anilines is 1. The van der Waals surface area contributed by atoms with Crippen LogP contribution in [-0.4, -0.2) is 29.3 Å². The molecule has 1 saturated heterocycles. The largest absolute Gasteiger partial charge is 0.325 e. The molecule has 1 fully saturated rings. The summed E-state index contributed by atoms with van der Waals surface area (Å²) >= 11 is 0. The molecule has 29 heavy (non-hydrogen) atoms. The molecule has 0 radical (unpaired) electrons. The lowest BCUT2D eigenvalue weighted by Crippen LogP contribution is -2.42. The number of aryl methyl sites for hydroxylation is 3. The van der Waals surface area contributed by atoms with Gasteiger partial charge in [0.05, 0.1) is 0 Å². The Bertz CT molecular complexity index is 1010. The van der Waals surface area contributed by atoms with Crippen LogP contribution < -0.4 is 10.6 Å². The predicted octanol–water partition coefficient (Wildman–Crippen LogP) is 3.30. The van der Waals surface area contributed by atoms with Gasteiger partial charge in [0.25, 0.3) is 5.91 Å². The topological polar surface area (TPSA) is 78.5 Å². The molecule has 0 aliphatic carbocycles. The molecule has 6 nitrogen and oxygen atoms in total. The second-order valence-electron chi connectivity index (χ2n) is 7.39. The van der Waals surface area contributed by atoms with E-state index in [-0.39, 0.29) is 5.56 Å². The molecule has 0 spiro atoms. The van der Waals surface area contributed by atoms with Gasteiger partial charge in [0.15, 0.2) is 0 Å². The highest BCUT2D eigenvalue weighted by Crippen LogP contribution is 2.31. The van der Waals surface area contributed by atoms with Crippen molar-refractivity contribution in [3.05, 3.63) is 64.2 Å². The van der Waals surface area contributed by atoms with E-state index >= 15 is 0 Å². The number of benzene rings is 2. The Hall–Kier alpha value is -3.29. The molecule has 152 valence electrons. The molecule has 0 unspecified atom stereocenters. The van der Waals surface area contributed by atoms with Gasteiger partial charge in [0.1, 0.15) is 23.7 Å². The monoisotopic (exact) mass is 401 g/mol. The molecule has 2 aromatic carbocycles. The Morgan fingerprint density at radius 3 is 2.34 bits per heavy atom. The maximum atomic E-state index is 14.2. The van der Waals surface area contributed by atoms with Crippen LogP contribution in [0.2, 0.25) is 0 Å². The summed E-state index contributed by atoms with van der Waals surface area (Å²) in [6, 6.07) is 5.61. The number of imide groups is 1. The molecule has 1 aliphatic heterocycles. The summed E-state index contributed by atoms with van der Waals surface area (Å²) in [7, 11) is 0. The minimum absolute atomic E-state index is 0.302. The van der Waals surface area contributed by atoms with E-state index in [4.69, 9.17) is 0 Å². The molecule has 4 amide bonds. The fourth-order valence-corrected chi connectivity index (χ4v) is 3.60. The van der Waals surface area contributed by atoms with E-state index in [0.717, 1.165) is 34.9 Å². The van der Waals surface area contributed by atoms with Crippen LogP contribution in [0.25, 0.3) is 0 Å². The number of carbonyl (C=O) groups excluding carboxylic acids is 3. The Balaban J connectivity index is 1.82. The van der Waals surface area contributed by atoms with E-state index in [1.54, 1.807) is 0 Å². The molecule has 1 aliphatic rings. The highest BCUT2D eigenvalue weighted by atomic mass is 19.1. The van der Waals surface area contributed by atoms with Crippen LogP contribution in [0.4, 0.5) is 19.3 Å². The van der Waals surface area contributed by atoms with Gasteiger partial charge in [-0.15, -0.1) is 0 Å². The summed E-state index contributed by atoms with van der Waals surface area (Å²) in [5.74, 6) is -2.99. The first-order valence-electron chi connectivity index (χ1n) is 9.00. The van der Waals surface area contributed by atoms with E-state index in [2.05, 4.69) is 10.6 Å². The van der Waals surface area contributed by atoms with Crippen molar-refractivity contribution in [3.63, 3.8) is 0 Å². The van der Waals surface area contributed by atoms with E-state index in [1.807, 2.05) is 32.9 Å². The first-order valence-corrected chi connectivity index (χ1v) is 9.00. The van der Waals surface area contributed by atoms with Crippen LogP contribution >= 0.6 is 0 Å². The standard InChI is InChI=1S/C21H21F2N3O3/c1-11-7-12(2)18(13(3)8-11)24-17(27)10-26-19(28)21(4,25-20(26)29)15-9-14(22)5-6-16(15)23/h5-9H,10H2,1-4H3,(H,24,27)(H,25,29)/t21-/m0/s1. The number of halogens is 2. The van der Waals surface area contributed by atoms with Crippen molar-refractivity contribution in [2.45, 2.75) is 33.2 Å². The van der Waals surface area contributed by atoms with E-state index in [1.165, 1.54) is 6.92 Å². The van der Waals surface area contributed by atoms with E-state index in [9.17, 15) is 23.2 Å². The highest BCUT2D eigenvalue weighted by Gasteiger charge is 2.50. The van der Waals surface area contributed by atoms with Gasteiger partial charge in [-0.2, -0.15) is 0 Å². The SMILES string of the molecule is Cc1cc(C)c(NC(=O)CN2C(=O)N[C@@](C)(c3cc(F)ccc3F)C2=O)c(C)c1. The molecule has 1 atom stereocenters. The van der Waals surface area contributed by atoms with Gasteiger partial charge < -0.3 is 10.6 Å². The molecule has 3 rings (SSSR count). The summed E-state index contributed by atoms with van der Waals surface area (Å²) in [5.41, 5.74) is 1.23. The third-order valence-electron chi connectivity index (χ3n) is 4.99. The van der Waals surface area contributed by atoms with Gasteiger partial charge in [-0.25, -0.2) is 13.6 Å². The van der Waals surface area contributed by atoms with Crippen molar-refractivity contribution in [2.24, 2.45) is 0 Å². The lowest BCUT2D eigenvalue weighted by molar-refractivity contribution is -0.133. The number of nitrogens with one attached hydrogen (secondary N) is 2. The molecule has 0 aromatic heterocycles. The smallest absolute Gasteiger partial charge is 0.324 e. The highest BCUT2D eigenvalue weighted by molar-refractivity contribution is 6.10. The lowest BCUT2D eigenvalue weighted by atomic mass is 9.91. The summed E-state index contributed by atoms with van der Waals surface area (Å²) in [6.45, 7) is 6.34. The average molecular weight is 401 g/mol. The van der Waals surface area contributed by atoms with Crippen molar-refractivity contribution in [3.8, 4) is 0 Å². The third kappa shape index (κ3) is 3.70. The maximum Gasteiger partial charge on any atom is 0.325 e. The van der Waals surface area contributed by atoms with Crippen LogP contribution in [0.1, 0.15) is 29.2 Å². The zero-order valence-electron chi connectivity index (χ0n) is 16.5. The molecule has 0 bridgehead atoms. The molecule has 1 heterocycles. The van der Waals surface area contributed by atoms with Crippen LogP contribution in [0.3, 0.4) is 0 Å². The van der Waals surface area contributed by atoms with Gasteiger partial charge >= 0.3 is 6.03 Å². The van der Waals surface area contributed by atoms with E-state index < -0.39 is 41.6 Å². The Kier molecular flexibility index (Phi) is 5.13.